The van der Waals surface area contributed by atoms with Crippen molar-refractivity contribution in [1.29, 1.82) is 0 Å². The van der Waals surface area contributed by atoms with E-state index in [1.165, 1.54) is 16.7 Å². The predicted octanol–water partition coefficient (Wildman–Crippen LogP) is 8.52. The SMILES string of the molecule is CC(=O)C1=NN(c2ccccc2)[C@]2(S1)SC(c1ccc(Br)cc1)(c1ccc(Br)cc1)c1ccccc12. The number of hydrogen-bond acceptors (Lipinski definition) is 5. The minimum Gasteiger partial charge on any atom is -0.292 e. The van der Waals surface area contributed by atoms with Gasteiger partial charge in [0.1, 0.15) is 0 Å². The van der Waals surface area contributed by atoms with Crippen LogP contribution < -0.4 is 5.01 Å². The lowest BCUT2D eigenvalue weighted by molar-refractivity contribution is -0.110. The van der Waals surface area contributed by atoms with E-state index >= 15 is 0 Å². The molecule has 6 rings (SSSR count). The summed E-state index contributed by atoms with van der Waals surface area (Å²) in [7, 11) is 0. The Balaban J connectivity index is 1.65. The van der Waals surface area contributed by atoms with Gasteiger partial charge >= 0.3 is 0 Å². The maximum Gasteiger partial charge on any atom is 0.187 e. The Hall–Kier alpha value is -2.32. The summed E-state index contributed by atoms with van der Waals surface area (Å²) in [5, 5.41) is 7.46. The van der Waals surface area contributed by atoms with Crippen LogP contribution in [0, 0.1) is 0 Å². The molecule has 0 bridgehead atoms. The zero-order valence-electron chi connectivity index (χ0n) is 19.2. The lowest BCUT2D eigenvalue weighted by Crippen LogP contribution is -2.34. The third kappa shape index (κ3) is 3.71. The summed E-state index contributed by atoms with van der Waals surface area (Å²) in [4.78, 5) is 12.7. The Morgan fingerprint density at radius 3 is 1.83 bits per heavy atom. The molecule has 0 radical (unpaired) electrons. The molecule has 7 heteroatoms. The number of fused-ring (bicyclic) bond motifs is 2. The quantitative estimate of drug-likeness (QED) is 0.225. The molecule has 0 aliphatic carbocycles. The highest BCUT2D eigenvalue weighted by molar-refractivity contribution is 9.10. The number of para-hydroxylation sites is 1. The fraction of sp³-hybridized carbons (Fsp3) is 0.103. The van der Waals surface area contributed by atoms with E-state index in [2.05, 4.69) is 117 Å². The zero-order chi connectivity index (χ0) is 24.9. The van der Waals surface area contributed by atoms with Crippen molar-refractivity contribution in [2.75, 3.05) is 5.01 Å². The average Bonchev–Trinajstić information content (AvgIpc) is 3.43. The van der Waals surface area contributed by atoms with Crippen LogP contribution in [0.15, 0.2) is 117 Å². The summed E-state index contributed by atoms with van der Waals surface area (Å²) in [6, 6.07) is 35.8. The van der Waals surface area contributed by atoms with Crippen LogP contribution in [0.2, 0.25) is 0 Å². The number of ketones is 1. The topological polar surface area (TPSA) is 32.7 Å². The van der Waals surface area contributed by atoms with Crippen LogP contribution in [-0.2, 0) is 13.7 Å². The predicted molar refractivity (Wildman–Crippen MR) is 159 cm³/mol. The molecule has 4 aromatic rings. The molecular formula is C29H20Br2N2OS2. The molecule has 0 amide bonds. The largest absolute Gasteiger partial charge is 0.292 e. The van der Waals surface area contributed by atoms with Gasteiger partial charge in [-0.05, 0) is 53.1 Å². The van der Waals surface area contributed by atoms with Gasteiger partial charge < -0.3 is 0 Å². The van der Waals surface area contributed by atoms with Crippen LogP contribution in [0.25, 0.3) is 0 Å². The first-order valence-electron chi connectivity index (χ1n) is 11.4. The van der Waals surface area contributed by atoms with Gasteiger partial charge in [0.05, 0.1) is 10.4 Å². The van der Waals surface area contributed by atoms with Gasteiger partial charge in [-0.3, -0.25) is 4.79 Å². The molecule has 0 unspecified atom stereocenters. The van der Waals surface area contributed by atoms with E-state index in [0.29, 0.717) is 5.04 Å². The van der Waals surface area contributed by atoms with Crippen molar-refractivity contribution in [3.8, 4) is 0 Å². The zero-order valence-corrected chi connectivity index (χ0v) is 24.0. The fourth-order valence-corrected chi connectivity index (χ4v) is 8.96. The van der Waals surface area contributed by atoms with Gasteiger partial charge in [0.2, 0.25) is 0 Å². The van der Waals surface area contributed by atoms with Crippen molar-refractivity contribution in [2.24, 2.45) is 5.10 Å². The van der Waals surface area contributed by atoms with Gasteiger partial charge in [0.15, 0.2) is 15.0 Å². The summed E-state index contributed by atoms with van der Waals surface area (Å²) in [5.74, 6) is -0.0272. The van der Waals surface area contributed by atoms with Gasteiger partial charge in [-0.25, -0.2) is 5.01 Å². The molecule has 3 nitrogen and oxygen atoms in total. The Morgan fingerprint density at radius 1 is 0.750 bits per heavy atom. The summed E-state index contributed by atoms with van der Waals surface area (Å²) in [5.41, 5.74) is 5.65. The molecule has 0 fully saturated rings. The van der Waals surface area contributed by atoms with Crippen LogP contribution in [0.4, 0.5) is 5.69 Å². The number of carbonyl (C=O) groups excluding carboxylic acids is 1. The van der Waals surface area contributed by atoms with Gasteiger partial charge in [-0.15, -0.1) is 0 Å². The summed E-state index contributed by atoms with van der Waals surface area (Å²) in [6.45, 7) is 1.59. The van der Waals surface area contributed by atoms with Crippen molar-refractivity contribution in [3.05, 3.63) is 134 Å². The number of anilines is 1. The van der Waals surface area contributed by atoms with Crippen LogP contribution >= 0.6 is 55.4 Å². The van der Waals surface area contributed by atoms with E-state index in [-0.39, 0.29) is 5.78 Å². The highest BCUT2D eigenvalue weighted by atomic mass is 79.9. The molecule has 2 heterocycles. The maximum absolute atomic E-state index is 12.7. The molecular weight excluding hydrogens is 616 g/mol. The van der Waals surface area contributed by atoms with Crippen molar-refractivity contribution in [3.63, 3.8) is 0 Å². The van der Waals surface area contributed by atoms with Crippen molar-refractivity contribution < 1.29 is 4.79 Å². The van der Waals surface area contributed by atoms with Gasteiger partial charge in [0, 0.05) is 21.4 Å². The van der Waals surface area contributed by atoms with Gasteiger partial charge in [-0.2, -0.15) is 5.10 Å². The van der Waals surface area contributed by atoms with E-state index in [9.17, 15) is 4.79 Å². The highest BCUT2D eigenvalue weighted by Crippen LogP contribution is 2.70. The van der Waals surface area contributed by atoms with Crippen LogP contribution in [0.3, 0.4) is 0 Å². The van der Waals surface area contributed by atoms with E-state index in [1.807, 2.05) is 35.0 Å². The molecule has 2 aliphatic rings. The number of halogens is 2. The lowest BCUT2D eigenvalue weighted by Gasteiger charge is -2.37. The number of benzene rings is 4. The first-order chi connectivity index (χ1) is 17.4. The van der Waals surface area contributed by atoms with Crippen LogP contribution in [-0.4, -0.2) is 10.8 Å². The second-order valence-corrected chi connectivity index (χ2v) is 13.3. The van der Waals surface area contributed by atoms with E-state index < -0.39 is 8.95 Å². The van der Waals surface area contributed by atoms with Gasteiger partial charge in [0.25, 0.3) is 0 Å². The lowest BCUT2D eigenvalue weighted by atomic mass is 9.82. The standard InChI is InChI=1S/C29H20Br2N2OS2/c1-19(34)27-32-33(24-7-3-2-4-8-24)29(35-27)26-10-6-5-9-25(26)28(36-29,20-11-15-22(30)16-12-20)21-13-17-23(31)18-14-21/h2-18H,1H3/t29-/m1/s1. The molecule has 36 heavy (non-hydrogen) atoms. The molecule has 1 atom stereocenters. The van der Waals surface area contributed by atoms with E-state index in [1.54, 1.807) is 18.7 Å². The minimum atomic E-state index is -0.654. The van der Waals surface area contributed by atoms with Crippen molar-refractivity contribution in [1.82, 2.24) is 0 Å². The van der Waals surface area contributed by atoms with Crippen molar-refractivity contribution in [2.45, 2.75) is 15.9 Å². The Bertz CT molecular complexity index is 1440. The number of nitrogens with zero attached hydrogens (tertiary/aromatic N) is 2. The van der Waals surface area contributed by atoms with Gasteiger partial charge in [-0.1, -0.05) is 122 Å². The maximum atomic E-state index is 12.7. The third-order valence-electron chi connectivity index (χ3n) is 6.45. The average molecular weight is 636 g/mol. The molecule has 178 valence electrons. The van der Waals surface area contributed by atoms with E-state index in [4.69, 9.17) is 5.10 Å². The number of hydrazone groups is 1. The first kappa shape index (κ1) is 24.0. The smallest absolute Gasteiger partial charge is 0.187 e. The number of rotatable bonds is 4. The monoisotopic (exact) mass is 634 g/mol. The Kier molecular flexibility index (Phi) is 6.15. The summed E-state index contributed by atoms with van der Waals surface area (Å²) >= 11 is 10.6. The van der Waals surface area contributed by atoms with Crippen molar-refractivity contribution >= 4 is 71.9 Å². The number of carbonyl (C=O) groups is 1. The molecule has 4 aromatic carbocycles. The van der Waals surface area contributed by atoms with Crippen LogP contribution in [0.1, 0.15) is 29.2 Å². The molecule has 0 N–H and O–H groups in total. The Labute approximate surface area is 235 Å². The number of Topliss-reactive ketones (excluding diaryl/α,β-unsaturated/α-hetero) is 1. The normalized spacial score (nSPS) is 19.9. The fourth-order valence-electron chi connectivity index (χ4n) is 4.87. The first-order valence-corrected chi connectivity index (χ1v) is 14.6. The molecule has 0 saturated carbocycles. The van der Waals surface area contributed by atoms with E-state index in [0.717, 1.165) is 20.2 Å². The minimum absolute atomic E-state index is 0.0272. The second kappa shape index (κ2) is 9.21. The Morgan fingerprint density at radius 2 is 1.28 bits per heavy atom. The number of hydrogen-bond donors (Lipinski definition) is 0. The number of thioether (sulfide) groups is 2. The molecule has 1 spiro atoms. The third-order valence-corrected chi connectivity index (χ3v) is 10.9. The molecule has 0 saturated heterocycles. The summed E-state index contributed by atoms with van der Waals surface area (Å²) < 4.78 is 0.900. The molecule has 2 aliphatic heterocycles. The summed E-state index contributed by atoms with van der Waals surface area (Å²) in [6.07, 6.45) is 0. The van der Waals surface area contributed by atoms with Crippen LogP contribution in [0.5, 0.6) is 0 Å². The highest BCUT2D eigenvalue weighted by Gasteiger charge is 2.61. The molecule has 0 aromatic heterocycles. The second-order valence-electron chi connectivity index (χ2n) is 8.64.